The highest BCUT2D eigenvalue weighted by molar-refractivity contribution is 5.58. The molecule has 1 aromatic carbocycles. The van der Waals surface area contributed by atoms with E-state index in [0.29, 0.717) is 18.7 Å². The van der Waals surface area contributed by atoms with Gasteiger partial charge in [0.05, 0.1) is 12.1 Å². The highest BCUT2D eigenvalue weighted by Crippen LogP contribution is 2.32. The number of para-hydroxylation sites is 1. The number of rotatable bonds is 3. The first-order chi connectivity index (χ1) is 8.40. The minimum Gasteiger partial charge on any atom is -0.376 e. The van der Waals surface area contributed by atoms with Crippen molar-refractivity contribution in [3.8, 4) is 0 Å². The molecule has 2 unspecified atom stereocenters. The van der Waals surface area contributed by atoms with E-state index in [1.807, 2.05) is 0 Å². The highest BCUT2D eigenvalue weighted by Gasteiger charge is 2.33. The largest absolute Gasteiger partial charge is 0.376 e. The van der Waals surface area contributed by atoms with Crippen LogP contribution in [0.25, 0.3) is 0 Å². The summed E-state index contributed by atoms with van der Waals surface area (Å²) in [6.45, 7) is 2.66. The van der Waals surface area contributed by atoms with E-state index >= 15 is 0 Å². The summed E-state index contributed by atoms with van der Waals surface area (Å²) in [5, 5.41) is 0. The predicted octanol–water partition coefficient (Wildman–Crippen LogP) is 1.56. The number of nitrogens with zero attached hydrogens (tertiary/aromatic N) is 1. The summed E-state index contributed by atoms with van der Waals surface area (Å²) in [6.07, 6.45) is 3.79. The average molecular weight is 232 g/mol. The van der Waals surface area contributed by atoms with Gasteiger partial charge >= 0.3 is 0 Å². The van der Waals surface area contributed by atoms with Gasteiger partial charge in [0.1, 0.15) is 0 Å². The molecule has 3 heteroatoms. The van der Waals surface area contributed by atoms with Gasteiger partial charge in [-0.2, -0.15) is 0 Å². The van der Waals surface area contributed by atoms with Crippen LogP contribution in [0.2, 0.25) is 0 Å². The summed E-state index contributed by atoms with van der Waals surface area (Å²) < 4.78 is 5.81. The van der Waals surface area contributed by atoms with Crippen LogP contribution < -0.4 is 10.6 Å². The Morgan fingerprint density at radius 3 is 3.06 bits per heavy atom. The van der Waals surface area contributed by atoms with E-state index in [2.05, 4.69) is 29.2 Å². The smallest absolute Gasteiger partial charge is 0.0791 e. The predicted molar refractivity (Wildman–Crippen MR) is 69.3 cm³/mol. The third kappa shape index (κ3) is 1.94. The van der Waals surface area contributed by atoms with Gasteiger partial charge in [-0.3, -0.25) is 0 Å². The maximum absolute atomic E-state index is 5.97. The van der Waals surface area contributed by atoms with Gasteiger partial charge in [-0.05, 0) is 30.9 Å². The summed E-state index contributed by atoms with van der Waals surface area (Å²) in [6, 6.07) is 9.01. The topological polar surface area (TPSA) is 38.5 Å². The highest BCUT2D eigenvalue weighted by atomic mass is 16.5. The Kier molecular flexibility index (Phi) is 3.04. The lowest BCUT2D eigenvalue weighted by Gasteiger charge is -2.33. The van der Waals surface area contributed by atoms with E-state index in [9.17, 15) is 0 Å². The maximum atomic E-state index is 5.97. The zero-order valence-electron chi connectivity index (χ0n) is 10.1. The van der Waals surface area contributed by atoms with Crippen LogP contribution in [0.1, 0.15) is 18.4 Å². The van der Waals surface area contributed by atoms with Gasteiger partial charge in [0.25, 0.3) is 0 Å². The molecule has 1 saturated heterocycles. The molecule has 3 nitrogen and oxygen atoms in total. The van der Waals surface area contributed by atoms with E-state index in [1.54, 1.807) is 0 Å². The van der Waals surface area contributed by atoms with E-state index in [0.717, 1.165) is 26.0 Å². The number of hydrogen-bond donors (Lipinski definition) is 1. The molecule has 0 aliphatic carbocycles. The van der Waals surface area contributed by atoms with Crippen molar-refractivity contribution in [2.45, 2.75) is 31.4 Å². The first-order valence-corrected chi connectivity index (χ1v) is 6.56. The number of nitrogens with two attached hydrogens (primary N) is 1. The van der Waals surface area contributed by atoms with E-state index in [1.165, 1.54) is 17.7 Å². The normalized spacial score (nSPS) is 25.0. The molecule has 92 valence electrons. The number of hydrogen-bond acceptors (Lipinski definition) is 3. The van der Waals surface area contributed by atoms with Gasteiger partial charge in [-0.25, -0.2) is 0 Å². The molecule has 1 fully saturated rings. The lowest BCUT2D eigenvalue weighted by atomic mass is 10.1. The van der Waals surface area contributed by atoms with Crippen LogP contribution in [0.5, 0.6) is 0 Å². The molecule has 17 heavy (non-hydrogen) atoms. The van der Waals surface area contributed by atoms with Crippen molar-refractivity contribution in [3.63, 3.8) is 0 Å². The monoisotopic (exact) mass is 232 g/mol. The Hall–Kier alpha value is -1.06. The molecule has 0 spiro atoms. The molecule has 2 N–H and O–H groups in total. The van der Waals surface area contributed by atoms with Crippen LogP contribution in [-0.4, -0.2) is 31.8 Å². The van der Waals surface area contributed by atoms with Crippen molar-refractivity contribution in [3.05, 3.63) is 29.8 Å². The van der Waals surface area contributed by atoms with Crippen LogP contribution in [0.4, 0.5) is 5.69 Å². The van der Waals surface area contributed by atoms with Crippen molar-refractivity contribution in [2.24, 2.45) is 5.73 Å². The molecule has 2 aliphatic rings. The van der Waals surface area contributed by atoms with E-state index in [-0.39, 0.29) is 0 Å². The molecule has 2 heterocycles. The Balaban J connectivity index is 1.84. The Morgan fingerprint density at radius 1 is 1.41 bits per heavy atom. The molecular formula is C14H20N2O. The van der Waals surface area contributed by atoms with Gasteiger partial charge < -0.3 is 15.4 Å². The molecule has 2 aliphatic heterocycles. The second-order valence-electron chi connectivity index (χ2n) is 4.93. The van der Waals surface area contributed by atoms with Crippen LogP contribution in [0, 0.1) is 0 Å². The number of ether oxygens (including phenoxy) is 1. The fourth-order valence-corrected chi connectivity index (χ4v) is 3.09. The fraction of sp³-hybridized carbons (Fsp3) is 0.571. The fourth-order valence-electron chi connectivity index (χ4n) is 3.09. The summed E-state index contributed by atoms with van der Waals surface area (Å²) in [4.78, 5) is 2.45. The lowest BCUT2D eigenvalue weighted by molar-refractivity contribution is 0.0898. The molecule has 0 bridgehead atoms. The van der Waals surface area contributed by atoms with E-state index in [4.69, 9.17) is 10.5 Å². The van der Waals surface area contributed by atoms with Gasteiger partial charge in [0, 0.05) is 25.4 Å². The van der Waals surface area contributed by atoms with Crippen molar-refractivity contribution >= 4 is 5.69 Å². The summed E-state index contributed by atoms with van der Waals surface area (Å²) in [5.74, 6) is 0. The van der Waals surface area contributed by atoms with Gasteiger partial charge in [0.2, 0.25) is 0 Å². The second kappa shape index (κ2) is 4.67. The lowest BCUT2D eigenvalue weighted by Crippen LogP contribution is -2.47. The zero-order chi connectivity index (χ0) is 11.7. The Labute approximate surface area is 103 Å². The molecule has 2 atom stereocenters. The summed E-state index contributed by atoms with van der Waals surface area (Å²) in [5.41, 5.74) is 8.78. The number of benzene rings is 1. The van der Waals surface area contributed by atoms with Crippen molar-refractivity contribution in [2.75, 3.05) is 24.6 Å². The minimum absolute atomic E-state index is 0.325. The van der Waals surface area contributed by atoms with Crippen molar-refractivity contribution < 1.29 is 4.74 Å². The Morgan fingerprint density at radius 2 is 2.29 bits per heavy atom. The van der Waals surface area contributed by atoms with Gasteiger partial charge in [-0.1, -0.05) is 18.2 Å². The maximum Gasteiger partial charge on any atom is 0.0791 e. The molecule has 3 rings (SSSR count). The van der Waals surface area contributed by atoms with Crippen LogP contribution in [-0.2, 0) is 11.2 Å². The third-order valence-corrected chi connectivity index (χ3v) is 3.96. The molecular weight excluding hydrogens is 212 g/mol. The van der Waals surface area contributed by atoms with E-state index < -0.39 is 0 Å². The number of anilines is 1. The molecule has 0 amide bonds. The molecule has 0 saturated carbocycles. The quantitative estimate of drug-likeness (QED) is 0.859. The molecule has 1 aromatic rings. The third-order valence-electron chi connectivity index (χ3n) is 3.96. The van der Waals surface area contributed by atoms with Gasteiger partial charge in [0.15, 0.2) is 0 Å². The minimum atomic E-state index is 0.325. The van der Waals surface area contributed by atoms with Crippen molar-refractivity contribution in [1.82, 2.24) is 0 Å². The first kappa shape index (κ1) is 11.1. The summed E-state index contributed by atoms with van der Waals surface area (Å²) >= 11 is 0. The standard InChI is InChI=1S/C14H20N2O/c15-10-13(14-6-3-9-17-14)16-8-7-11-4-1-2-5-12(11)16/h1-2,4-5,13-14H,3,6-10,15H2. The Bertz CT molecular complexity index is 388. The first-order valence-electron chi connectivity index (χ1n) is 6.56. The molecule has 0 aromatic heterocycles. The SMILES string of the molecule is NCC(C1CCCO1)N1CCc2ccccc21. The van der Waals surface area contributed by atoms with Gasteiger partial charge in [-0.15, -0.1) is 0 Å². The summed E-state index contributed by atoms with van der Waals surface area (Å²) in [7, 11) is 0. The van der Waals surface area contributed by atoms with Crippen LogP contribution in [0.15, 0.2) is 24.3 Å². The van der Waals surface area contributed by atoms with Crippen LogP contribution >= 0.6 is 0 Å². The molecule has 0 radical (unpaired) electrons. The number of fused-ring (bicyclic) bond motifs is 1. The second-order valence-corrected chi connectivity index (χ2v) is 4.93. The van der Waals surface area contributed by atoms with Crippen LogP contribution in [0.3, 0.4) is 0 Å². The zero-order valence-corrected chi connectivity index (χ0v) is 10.1. The average Bonchev–Trinajstić information content (AvgIpc) is 3.01. The van der Waals surface area contributed by atoms with Crippen molar-refractivity contribution in [1.29, 1.82) is 0 Å².